The van der Waals surface area contributed by atoms with E-state index in [9.17, 15) is 14.5 Å². The molecule has 0 aliphatic rings. The van der Waals surface area contributed by atoms with E-state index in [0.29, 0.717) is 18.7 Å². The molecule has 1 N–H and O–H groups in total. The monoisotopic (exact) mass is 267 g/mol. The summed E-state index contributed by atoms with van der Waals surface area (Å²) in [5.74, 6) is -0.619. The molecule has 2 aromatic rings. The van der Waals surface area contributed by atoms with Gasteiger partial charge in [-0.1, -0.05) is 0 Å². The van der Waals surface area contributed by atoms with Gasteiger partial charge in [0.15, 0.2) is 0 Å². The summed E-state index contributed by atoms with van der Waals surface area (Å²) in [5.41, 5.74) is 2.72. The standard InChI is InChI=1S/C11H10FN3O2S/c12-8-1-2-10(11(5-8)15(16)17)13-4-3-9-6-18-7-14-9/h1-2,5-7,13H,3-4H2. The third kappa shape index (κ3) is 3.01. The Labute approximate surface area is 106 Å². The number of hydrogen-bond acceptors (Lipinski definition) is 5. The number of anilines is 1. The van der Waals surface area contributed by atoms with Crippen molar-refractivity contribution in [2.24, 2.45) is 0 Å². The fourth-order valence-corrected chi connectivity index (χ4v) is 2.08. The molecule has 7 heteroatoms. The maximum Gasteiger partial charge on any atom is 0.295 e. The molecule has 1 heterocycles. The van der Waals surface area contributed by atoms with Crippen molar-refractivity contribution in [3.05, 3.63) is 50.7 Å². The molecule has 18 heavy (non-hydrogen) atoms. The molecular formula is C11H10FN3O2S. The molecule has 0 atom stereocenters. The molecule has 0 saturated carbocycles. The smallest absolute Gasteiger partial charge is 0.295 e. The van der Waals surface area contributed by atoms with Gasteiger partial charge in [0.2, 0.25) is 0 Å². The number of halogens is 1. The zero-order valence-corrected chi connectivity index (χ0v) is 10.1. The number of benzene rings is 1. The van der Waals surface area contributed by atoms with E-state index < -0.39 is 10.7 Å². The van der Waals surface area contributed by atoms with Crippen LogP contribution >= 0.6 is 11.3 Å². The van der Waals surface area contributed by atoms with Crippen LogP contribution in [0.4, 0.5) is 15.8 Å². The van der Waals surface area contributed by atoms with Gasteiger partial charge >= 0.3 is 0 Å². The van der Waals surface area contributed by atoms with E-state index in [4.69, 9.17) is 0 Å². The van der Waals surface area contributed by atoms with Crippen LogP contribution in [0.5, 0.6) is 0 Å². The Morgan fingerprint density at radius 2 is 2.33 bits per heavy atom. The number of nitro groups is 1. The topological polar surface area (TPSA) is 68.1 Å². The highest BCUT2D eigenvalue weighted by atomic mass is 32.1. The molecule has 0 amide bonds. The van der Waals surface area contributed by atoms with E-state index in [1.807, 2.05) is 5.38 Å². The molecule has 2 rings (SSSR count). The minimum atomic E-state index is -0.619. The first kappa shape index (κ1) is 12.4. The van der Waals surface area contributed by atoms with Gasteiger partial charge in [0.1, 0.15) is 11.5 Å². The zero-order chi connectivity index (χ0) is 13.0. The van der Waals surface area contributed by atoms with Crippen molar-refractivity contribution in [3.63, 3.8) is 0 Å². The summed E-state index contributed by atoms with van der Waals surface area (Å²) in [4.78, 5) is 14.3. The molecule has 0 aliphatic carbocycles. The number of nitrogens with one attached hydrogen (secondary N) is 1. The van der Waals surface area contributed by atoms with Crippen molar-refractivity contribution < 1.29 is 9.31 Å². The van der Waals surface area contributed by atoms with Gasteiger partial charge in [-0.15, -0.1) is 11.3 Å². The lowest BCUT2D eigenvalue weighted by Crippen LogP contribution is -2.07. The van der Waals surface area contributed by atoms with Crippen molar-refractivity contribution in [1.29, 1.82) is 0 Å². The lowest BCUT2D eigenvalue weighted by Gasteiger charge is -2.05. The summed E-state index contributed by atoms with van der Waals surface area (Å²) >= 11 is 1.50. The van der Waals surface area contributed by atoms with Crippen LogP contribution in [0.2, 0.25) is 0 Å². The number of rotatable bonds is 5. The lowest BCUT2D eigenvalue weighted by molar-refractivity contribution is -0.384. The molecule has 0 aliphatic heterocycles. The second-order valence-corrected chi connectivity index (χ2v) is 4.29. The Morgan fingerprint density at radius 1 is 1.50 bits per heavy atom. The van der Waals surface area contributed by atoms with Gasteiger partial charge in [0.05, 0.1) is 22.2 Å². The number of aromatic nitrogens is 1. The van der Waals surface area contributed by atoms with E-state index in [2.05, 4.69) is 10.3 Å². The van der Waals surface area contributed by atoms with Crippen LogP contribution in [-0.2, 0) is 6.42 Å². The largest absolute Gasteiger partial charge is 0.379 e. The van der Waals surface area contributed by atoms with E-state index in [-0.39, 0.29) is 5.69 Å². The predicted molar refractivity (Wildman–Crippen MR) is 67.4 cm³/mol. The average Bonchev–Trinajstić information content (AvgIpc) is 2.84. The van der Waals surface area contributed by atoms with Gasteiger partial charge in [-0.3, -0.25) is 10.1 Å². The SMILES string of the molecule is O=[N+]([O-])c1cc(F)ccc1NCCc1cscn1. The third-order valence-electron chi connectivity index (χ3n) is 2.34. The van der Waals surface area contributed by atoms with Gasteiger partial charge in [-0.2, -0.15) is 0 Å². The Hall–Kier alpha value is -2.02. The first-order chi connectivity index (χ1) is 8.66. The van der Waals surface area contributed by atoms with Crippen LogP contribution in [0, 0.1) is 15.9 Å². The highest BCUT2D eigenvalue weighted by molar-refractivity contribution is 7.07. The minimum absolute atomic E-state index is 0.256. The van der Waals surface area contributed by atoms with Crippen molar-refractivity contribution in [1.82, 2.24) is 4.98 Å². The summed E-state index contributed by atoms with van der Waals surface area (Å²) in [5, 5.41) is 15.6. The molecule has 94 valence electrons. The first-order valence-corrected chi connectivity index (χ1v) is 6.16. The first-order valence-electron chi connectivity index (χ1n) is 5.21. The number of nitro benzene ring substituents is 1. The molecule has 1 aromatic carbocycles. The summed E-state index contributed by atoms with van der Waals surface area (Å²) in [6.07, 6.45) is 0.665. The van der Waals surface area contributed by atoms with Crippen LogP contribution in [0.1, 0.15) is 5.69 Å². The van der Waals surface area contributed by atoms with E-state index in [1.54, 1.807) is 5.51 Å². The van der Waals surface area contributed by atoms with Gasteiger partial charge in [-0.25, -0.2) is 9.37 Å². The number of thiazole rings is 1. The van der Waals surface area contributed by atoms with Crippen LogP contribution < -0.4 is 5.32 Å². The lowest BCUT2D eigenvalue weighted by atomic mass is 10.2. The third-order valence-corrected chi connectivity index (χ3v) is 2.97. The second kappa shape index (κ2) is 5.54. The maximum absolute atomic E-state index is 12.9. The molecule has 0 saturated heterocycles. The summed E-state index contributed by atoms with van der Waals surface area (Å²) in [6, 6.07) is 3.47. The van der Waals surface area contributed by atoms with Crippen LogP contribution in [0.25, 0.3) is 0 Å². The number of hydrogen-bond donors (Lipinski definition) is 1. The Kier molecular flexibility index (Phi) is 3.83. The van der Waals surface area contributed by atoms with Crippen molar-refractivity contribution in [2.75, 3.05) is 11.9 Å². The highest BCUT2D eigenvalue weighted by Gasteiger charge is 2.14. The van der Waals surface area contributed by atoms with Gasteiger partial charge in [0.25, 0.3) is 5.69 Å². The van der Waals surface area contributed by atoms with E-state index >= 15 is 0 Å². The zero-order valence-electron chi connectivity index (χ0n) is 9.30. The molecule has 0 bridgehead atoms. The fourth-order valence-electron chi connectivity index (χ4n) is 1.49. The van der Waals surface area contributed by atoms with Crippen molar-refractivity contribution >= 4 is 22.7 Å². The number of nitrogens with zero attached hydrogens (tertiary/aromatic N) is 2. The van der Waals surface area contributed by atoms with Crippen molar-refractivity contribution in [2.45, 2.75) is 6.42 Å². The normalized spacial score (nSPS) is 10.3. The minimum Gasteiger partial charge on any atom is -0.379 e. The van der Waals surface area contributed by atoms with Gasteiger partial charge in [0, 0.05) is 18.3 Å². The fraction of sp³-hybridized carbons (Fsp3) is 0.182. The van der Waals surface area contributed by atoms with E-state index in [0.717, 1.165) is 11.8 Å². The molecular weight excluding hydrogens is 257 g/mol. The van der Waals surface area contributed by atoms with Crippen LogP contribution in [0.3, 0.4) is 0 Å². The van der Waals surface area contributed by atoms with Gasteiger partial charge < -0.3 is 5.32 Å². The summed E-state index contributed by atoms with van der Waals surface area (Å²) in [6.45, 7) is 0.510. The highest BCUT2D eigenvalue weighted by Crippen LogP contribution is 2.24. The average molecular weight is 267 g/mol. The quantitative estimate of drug-likeness (QED) is 0.668. The molecule has 1 aromatic heterocycles. The van der Waals surface area contributed by atoms with Crippen LogP contribution in [-0.4, -0.2) is 16.5 Å². The van der Waals surface area contributed by atoms with E-state index in [1.165, 1.54) is 23.5 Å². The Morgan fingerprint density at radius 3 is 3.00 bits per heavy atom. The Balaban J connectivity index is 2.02. The van der Waals surface area contributed by atoms with Gasteiger partial charge in [-0.05, 0) is 12.1 Å². The molecule has 0 fully saturated rings. The van der Waals surface area contributed by atoms with Crippen molar-refractivity contribution in [3.8, 4) is 0 Å². The second-order valence-electron chi connectivity index (χ2n) is 3.58. The molecule has 0 radical (unpaired) electrons. The van der Waals surface area contributed by atoms with Crippen LogP contribution in [0.15, 0.2) is 29.1 Å². The molecule has 0 spiro atoms. The molecule has 5 nitrogen and oxygen atoms in total. The summed E-state index contributed by atoms with van der Waals surface area (Å²) in [7, 11) is 0. The molecule has 0 unspecified atom stereocenters. The Bertz CT molecular complexity index is 545. The predicted octanol–water partition coefficient (Wildman–Crippen LogP) is 2.85. The maximum atomic E-state index is 12.9. The summed E-state index contributed by atoms with van der Waals surface area (Å²) < 4.78 is 12.9.